The maximum Gasteiger partial charge on any atom is 0.337 e. The van der Waals surface area contributed by atoms with Gasteiger partial charge < -0.3 is 14.8 Å². The van der Waals surface area contributed by atoms with Gasteiger partial charge >= 0.3 is 5.97 Å². The van der Waals surface area contributed by atoms with Crippen molar-refractivity contribution in [2.75, 3.05) is 20.3 Å². The van der Waals surface area contributed by atoms with Gasteiger partial charge in [-0.25, -0.2) is 4.79 Å². The smallest absolute Gasteiger partial charge is 0.337 e. The monoisotopic (exact) mass is 235 g/mol. The molecule has 1 fully saturated rings. The van der Waals surface area contributed by atoms with Gasteiger partial charge in [0.25, 0.3) is 0 Å². The number of rotatable bonds is 2. The summed E-state index contributed by atoms with van der Waals surface area (Å²) >= 11 is 0. The van der Waals surface area contributed by atoms with Gasteiger partial charge in [-0.3, -0.25) is 0 Å². The first-order chi connectivity index (χ1) is 8.20. The lowest BCUT2D eigenvalue weighted by Gasteiger charge is -2.28. The van der Waals surface area contributed by atoms with Crippen LogP contribution in [0.1, 0.15) is 28.9 Å². The topological polar surface area (TPSA) is 47.6 Å². The molecule has 1 aliphatic rings. The molecule has 1 N–H and O–H groups in total. The van der Waals surface area contributed by atoms with E-state index in [2.05, 4.69) is 17.0 Å². The second-order valence-corrected chi connectivity index (χ2v) is 4.24. The molecular formula is C13H17NO3. The Morgan fingerprint density at radius 1 is 1.41 bits per heavy atom. The summed E-state index contributed by atoms with van der Waals surface area (Å²) < 4.78 is 10.4. The second kappa shape index (κ2) is 5.29. The Morgan fingerprint density at radius 2 is 2.12 bits per heavy atom. The highest BCUT2D eigenvalue weighted by molar-refractivity contribution is 5.89. The van der Waals surface area contributed by atoms with Crippen molar-refractivity contribution in [2.24, 2.45) is 0 Å². The fourth-order valence-corrected chi connectivity index (χ4v) is 1.85. The van der Waals surface area contributed by atoms with E-state index in [0.717, 1.165) is 12.1 Å². The Morgan fingerprint density at radius 3 is 2.65 bits per heavy atom. The molecule has 0 bridgehead atoms. The highest BCUT2D eigenvalue weighted by Crippen LogP contribution is 2.20. The van der Waals surface area contributed by atoms with E-state index in [4.69, 9.17) is 4.74 Å². The van der Waals surface area contributed by atoms with Crippen LogP contribution in [0.2, 0.25) is 0 Å². The van der Waals surface area contributed by atoms with Crippen LogP contribution in [0.5, 0.6) is 0 Å². The first-order valence-corrected chi connectivity index (χ1v) is 5.74. The van der Waals surface area contributed by atoms with Crippen molar-refractivity contribution in [3.63, 3.8) is 0 Å². The van der Waals surface area contributed by atoms with Crippen molar-refractivity contribution >= 4 is 5.97 Å². The lowest BCUT2D eigenvalue weighted by atomic mass is 10.1. The predicted octanol–water partition coefficient (Wildman–Crippen LogP) is 1.52. The Kier molecular flexibility index (Phi) is 3.76. The van der Waals surface area contributed by atoms with Gasteiger partial charge in [-0.15, -0.1) is 0 Å². The van der Waals surface area contributed by atoms with Gasteiger partial charge in [-0.1, -0.05) is 12.1 Å². The normalized spacial score (nSPS) is 24.4. The summed E-state index contributed by atoms with van der Waals surface area (Å²) in [6, 6.07) is 7.76. The third-order valence-electron chi connectivity index (χ3n) is 2.90. The van der Waals surface area contributed by atoms with E-state index in [1.165, 1.54) is 7.11 Å². The summed E-state index contributed by atoms with van der Waals surface area (Å²) in [7, 11) is 1.38. The third kappa shape index (κ3) is 2.84. The molecule has 92 valence electrons. The minimum atomic E-state index is -0.312. The molecule has 17 heavy (non-hydrogen) atoms. The molecule has 0 aromatic heterocycles. The Hall–Kier alpha value is -1.39. The zero-order valence-corrected chi connectivity index (χ0v) is 10.1. The van der Waals surface area contributed by atoms with E-state index < -0.39 is 0 Å². The van der Waals surface area contributed by atoms with Crippen LogP contribution in [0.3, 0.4) is 0 Å². The Labute approximate surface area is 101 Å². The van der Waals surface area contributed by atoms with Gasteiger partial charge in [0.1, 0.15) is 0 Å². The molecule has 0 unspecified atom stereocenters. The Balaban J connectivity index is 2.05. The summed E-state index contributed by atoms with van der Waals surface area (Å²) in [5.41, 5.74) is 1.64. The number of benzene rings is 1. The first-order valence-electron chi connectivity index (χ1n) is 5.74. The zero-order valence-electron chi connectivity index (χ0n) is 10.1. The fourth-order valence-electron chi connectivity index (χ4n) is 1.85. The molecule has 0 radical (unpaired) electrons. The minimum Gasteiger partial charge on any atom is -0.465 e. The van der Waals surface area contributed by atoms with Crippen LogP contribution in [-0.4, -0.2) is 32.3 Å². The average Bonchev–Trinajstić information content (AvgIpc) is 2.39. The predicted molar refractivity (Wildman–Crippen MR) is 63.9 cm³/mol. The van der Waals surface area contributed by atoms with Crippen molar-refractivity contribution in [1.82, 2.24) is 5.32 Å². The molecule has 0 saturated carbocycles. The fraction of sp³-hybridized carbons (Fsp3) is 0.462. The summed E-state index contributed by atoms with van der Waals surface area (Å²) in [6.07, 6.45) is 0.0675. The summed E-state index contributed by atoms with van der Waals surface area (Å²) in [4.78, 5) is 11.3. The van der Waals surface area contributed by atoms with Crippen LogP contribution in [0.4, 0.5) is 0 Å². The van der Waals surface area contributed by atoms with Crippen LogP contribution in [-0.2, 0) is 9.47 Å². The minimum absolute atomic E-state index is 0.0675. The third-order valence-corrected chi connectivity index (χ3v) is 2.90. The standard InChI is InChI=1S/C13H17NO3/c1-9-8-17-12(7-14-9)10-3-5-11(6-4-10)13(15)16-2/h3-6,9,12,14H,7-8H2,1-2H3/t9-,12+/m1/s1. The van der Waals surface area contributed by atoms with Gasteiger partial charge in [0, 0.05) is 12.6 Å². The molecule has 4 nitrogen and oxygen atoms in total. The van der Waals surface area contributed by atoms with Crippen LogP contribution in [0, 0.1) is 0 Å². The highest BCUT2D eigenvalue weighted by Gasteiger charge is 2.19. The molecule has 1 aliphatic heterocycles. The molecule has 1 saturated heterocycles. The summed E-state index contributed by atoms with van der Waals surface area (Å²) in [5.74, 6) is -0.312. The summed E-state index contributed by atoms with van der Waals surface area (Å²) in [6.45, 7) is 3.61. The maximum absolute atomic E-state index is 11.3. The van der Waals surface area contributed by atoms with Crippen molar-refractivity contribution in [3.8, 4) is 0 Å². The zero-order chi connectivity index (χ0) is 12.3. The van der Waals surface area contributed by atoms with E-state index >= 15 is 0 Å². The number of hydrogen-bond donors (Lipinski definition) is 1. The highest BCUT2D eigenvalue weighted by atomic mass is 16.5. The van der Waals surface area contributed by atoms with Crippen LogP contribution in [0.15, 0.2) is 24.3 Å². The van der Waals surface area contributed by atoms with Crippen molar-refractivity contribution < 1.29 is 14.3 Å². The molecule has 1 aromatic carbocycles. The van der Waals surface area contributed by atoms with Crippen LogP contribution < -0.4 is 5.32 Å². The van der Waals surface area contributed by atoms with Crippen molar-refractivity contribution in [2.45, 2.75) is 19.1 Å². The van der Waals surface area contributed by atoms with Crippen LogP contribution >= 0.6 is 0 Å². The molecule has 2 rings (SSSR count). The number of ether oxygens (including phenoxy) is 2. The number of hydrogen-bond acceptors (Lipinski definition) is 4. The molecule has 0 amide bonds. The molecule has 1 heterocycles. The largest absolute Gasteiger partial charge is 0.465 e. The number of esters is 1. The van der Waals surface area contributed by atoms with Crippen molar-refractivity contribution in [1.29, 1.82) is 0 Å². The molecule has 0 spiro atoms. The lowest BCUT2D eigenvalue weighted by molar-refractivity contribution is 0.00693. The maximum atomic E-state index is 11.3. The number of carbonyl (C=O) groups excluding carboxylic acids is 1. The van der Waals surface area contributed by atoms with Gasteiger partial charge in [0.05, 0.1) is 25.4 Å². The number of nitrogens with one attached hydrogen (secondary N) is 1. The number of morpholine rings is 1. The SMILES string of the molecule is COC(=O)c1ccc([C@@H]2CN[C@H](C)CO2)cc1. The number of carbonyl (C=O) groups is 1. The Bertz CT molecular complexity index is 380. The second-order valence-electron chi connectivity index (χ2n) is 4.24. The van der Waals surface area contributed by atoms with Crippen molar-refractivity contribution in [3.05, 3.63) is 35.4 Å². The van der Waals surface area contributed by atoms with Gasteiger partial charge in [0.15, 0.2) is 0 Å². The number of methoxy groups -OCH3 is 1. The van der Waals surface area contributed by atoms with E-state index in [-0.39, 0.29) is 12.1 Å². The molecule has 1 aromatic rings. The van der Waals surface area contributed by atoms with Gasteiger partial charge in [0.2, 0.25) is 0 Å². The van der Waals surface area contributed by atoms with Gasteiger partial charge in [-0.05, 0) is 24.6 Å². The van der Waals surface area contributed by atoms with E-state index in [1.54, 1.807) is 12.1 Å². The van der Waals surface area contributed by atoms with E-state index in [1.807, 2.05) is 12.1 Å². The molecular weight excluding hydrogens is 218 g/mol. The summed E-state index contributed by atoms with van der Waals surface area (Å²) in [5, 5.41) is 3.36. The lowest BCUT2D eigenvalue weighted by Crippen LogP contribution is -2.40. The molecule has 0 aliphatic carbocycles. The molecule has 2 atom stereocenters. The quantitative estimate of drug-likeness (QED) is 0.790. The van der Waals surface area contributed by atoms with Crippen LogP contribution in [0.25, 0.3) is 0 Å². The average molecular weight is 235 g/mol. The van der Waals surface area contributed by atoms with E-state index in [9.17, 15) is 4.79 Å². The van der Waals surface area contributed by atoms with Gasteiger partial charge in [-0.2, -0.15) is 0 Å². The molecule has 4 heteroatoms. The van der Waals surface area contributed by atoms with E-state index in [0.29, 0.717) is 18.2 Å². The first kappa shape index (κ1) is 12.1.